The summed E-state index contributed by atoms with van der Waals surface area (Å²) in [6.45, 7) is 4.51. The van der Waals surface area contributed by atoms with Gasteiger partial charge in [0.05, 0.1) is 22.3 Å². The van der Waals surface area contributed by atoms with Gasteiger partial charge in [-0.3, -0.25) is 4.79 Å². The molecule has 1 saturated heterocycles. The van der Waals surface area contributed by atoms with Gasteiger partial charge in [-0.1, -0.05) is 0 Å². The standard InChI is InChI=1S/C19H18F3N5O3S2/c1-9-10(2)25-26-18-14(9)15(23)16(31-18)17(28)24-11-7-27(8-11)12-3-5-13(6-4-12)32(29,30)19(20,21)22/h3-6,11H,7-8,23H2,1-2H3,(H,24,28). The van der Waals surface area contributed by atoms with E-state index in [2.05, 4.69) is 15.5 Å². The molecule has 1 fully saturated rings. The number of hydrogen-bond donors (Lipinski definition) is 2. The highest BCUT2D eigenvalue weighted by atomic mass is 32.2. The lowest BCUT2D eigenvalue weighted by molar-refractivity contribution is -0.0436. The maximum Gasteiger partial charge on any atom is 0.501 e. The third kappa shape index (κ3) is 3.64. The van der Waals surface area contributed by atoms with Crippen LogP contribution in [0.2, 0.25) is 0 Å². The Bertz CT molecular complexity index is 1310. The molecular formula is C19H18F3N5O3S2. The first-order chi connectivity index (χ1) is 14.9. The summed E-state index contributed by atoms with van der Waals surface area (Å²) in [6, 6.07) is 4.27. The number of nitrogens with zero attached hydrogens (tertiary/aromatic N) is 3. The van der Waals surface area contributed by atoms with Crippen molar-refractivity contribution in [1.29, 1.82) is 0 Å². The van der Waals surface area contributed by atoms with E-state index in [0.29, 0.717) is 34.2 Å². The quantitative estimate of drug-likeness (QED) is 0.583. The molecular weight excluding hydrogens is 467 g/mol. The van der Waals surface area contributed by atoms with Crippen molar-refractivity contribution in [3.63, 3.8) is 0 Å². The average molecular weight is 486 g/mol. The van der Waals surface area contributed by atoms with Crippen molar-refractivity contribution < 1.29 is 26.4 Å². The number of anilines is 2. The molecule has 0 saturated carbocycles. The number of hydrogen-bond acceptors (Lipinski definition) is 8. The molecule has 1 aromatic carbocycles. The highest BCUT2D eigenvalue weighted by molar-refractivity contribution is 7.92. The minimum absolute atomic E-state index is 0.195. The minimum atomic E-state index is -5.38. The van der Waals surface area contributed by atoms with Crippen LogP contribution >= 0.6 is 11.3 Å². The molecule has 2 aromatic heterocycles. The predicted molar refractivity (Wildman–Crippen MR) is 114 cm³/mol. The lowest BCUT2D eigenvalue weighted by Crippen LogP contribution is -2.59. The van der Waals surface area contributed by atoms with Crippen LogP contribution in [0.25, 0.3) is 10.2 Å². The predicted octanol–water partition coefficient (Wildman–Crippen LogP) is 2.80. The molecule has 3 N–H and O–H groups in total. The van der Waals surface area contributed by atoms with Crippen LogP contribution in [-0.2, 0) is 9.84 Å². The van der Waals surface area contributed by atoms with E-state index in [9.17, 15) is 26.4 Å². The number of thiophene rings is 1. The number of aryl methyl sites for hydroxylation is 2. The highest BCUT2D eigenvalue weighted by Crippen LogP contribution is 2.35. The van der Waals surface area contributed by atoms with Crippen molar-refractivity contribution in [2.24, 2.45) is 0 Å². The van der Waals surface area contributed by atoms with E-state index in [1.807, 2.05) is 18.7 Å². The summed E-state index contributed by atoms with van der Waals surface area (Å²) in [5, 5.41) is 11.8. The fourth-order valence-corrected chi connectivity index (χ4v) is 5.18. The van der Waals surface area contributed by atoms with E-state index in [4.69, 9.17) is 5.73 Å². The molecule has 0 radical (unpaired) electrons. The third-order valence-electron chi connectivity index (χ3n) is 5.37. The smallest absolute Gasteiger partial charge is 0.397 e. The first-order valence-electron chi connectivity index (χ1n) is 9.39. The second-order valence-electron chi connectivity index (χ2n) is 7.45. The summed E-state index contributed by atoms with van der Waals surface area (Å²) in [4.78, 5) is 14.6. The van der Waals surface area contributed by atoms with Crippen LogP contribution in [-0.4, -0.2) is 49.2 Å². The van der Waals surface area contributed by atoms with Crippen molar-refractivity contribution in [2.75, 3.05) is 23.7 Å². The SMILES string of the molecule is Cc1nnc2sc(C(=O)NC3CN(c4ccc(S(=O)(=O)C(F)(F)F)cc4)C3)c(N)c2c1C. The van der Waals surface area contributed by atoms with Crippen LogP contribution in [0.1, 0.15) is 20.9 Å². The zero-order valence-electron chi connectivity index (χ0n) is 16.9. The number of carbonyl (C=O) groups is 1. The summed E-state index contributed by atoms with van der Waals surface area (Å²) in [5.74, 6) is -0.334. The number of benzene rings is 1. The van der Waals surface area contributed by atoms with Crippen LogP contribution in [0.3, 0.4) is 0 Å². The Morgan fingerprint density at radius 2 is 1.81 bits per heavy atom. The van der Waals surface area contributed by atoms with Crippen molar-refractivity contribution in [2.45, 2.75) is 30.3 Å². The molecule has 0 bridgehead atoms. The number of nitrogen functional groups attached to an aromatic ring is 1. The van der Waals surface area contributed by atoms with E-state index in [1.165, 1.54) is 12.1 Å². The number of sulfone groups is 1. The summed E-state index contributed by atoms with van der Waals surface area (Å²) in [7, 11) is -5.38. The average Bonchev–Trinajstić information content (AvgIpc) is 3.03. The van der Waals surface area contributed by atoms with Gasteiger partial charge in [0.1, 0.15) is 9.71 Å². The number of fused-ring (bicyclic) bond motifs is 1. The number of alkyl halides is 3. The van der Waals surface area contributed by atoms with E-state index in [-0.39, 0.29) is 11.9 Å². The van der Waals surface area contributed by atoms with Crippen LogP contribution in [0.5, 0.6) is 0 Å². The van der Waals surface area contributed by atoms with Gasteiger partial charge in [0.2, 0.25) is 0 Å². The fourth-order valence-electron chi connectivity index (χ4n) is 3.41. The Morgan fingerprint density at radius 3 is 2.41 bits per heavy atom. The second kappa shape index (κ2) is 7.59. The van der Waals surface area contributed by atoms with Gasteiger partial charge in [0.15, 0.2) is 0 Å². The molecule has 4 rings (SSSR count). The Labute approximate surface area is 185 Å². The Balaban J connectivity index is 1.42. The molecule has 3 heterocycles. The molecule has 1 aliphatic heterocycles. The largest absolute Gasteiger partial charge is 0.501 e. The van der Waals surface area contributed by atoms with Crippen molar-refractivity contribution >= 4 is 48.7 Å². The lowest BCUT2D eigenvalue weighted by atomic mass is 10.1. The zero-order valence-corrected chi connectivity index (χ0v) is 18.5. The van der Waals surface area contributed by atoms with E-state index in [1.54, 1.807) is 0 Å². The Hall–Kier alpha value is -2.93. The number of nitrogens with two attached hydrogens (primary N) is 1. The second-order valence-corrected chi connectivity index (χ2v) is 10.4. The number of carbonyl (C=O) groups excluding carboxylic acids is 1. The number of amides is 1. The van der Waals surface area contributed by atoms with Crippen LogP contribution < -0.4 is 16.0 Å². The van der Waals surface area contributed by atoms with Crippen molar-refractivity contribution in [3.8, 4) is 0 Å². The molecule has 8 nitrogen and oxygen atoms in total. The Morgan fingerprint density at radius 1 is 1.19 bits per heavy atom. The third-order valence-corrected chi connectivity index (χ3v) is 7.97. The van der Waals surface area contributed by atoms with Crippen LogP contribution in [0.15, 0.2) is 29.2 Å². The van der Waals surface area contributed by atoms with Gasteiger partial charge in [-0.2, -0.15) is 18.3 Å². The summed E-state index contributed by atoms with van der Waals surface area (Å²) in [5.41, 5.74) is 3.35. The molecule has 13 heteroatoms. The van der Waals surface area contributed by atoms with Gasteiger partial charge < -0.3 is 16.0 Å². The van der Waals surface area contributed by atoms with Gasteiger partial charge in [-0.05, 0) is 43.7 Å². The van der Waals surface area contributed by atoms with E-state index in [0.717, 1.165) is 40.1 Å². The van der Waals surface area contributed by atoms with Crippen molar-refractivity contribution in [3.05, 3.63) is 40.4 Å². The first kappa shape index (κ1) is 22.3. The number of rotatable bonds is 4. The van der Waals surface area contributed by atoms with Gasteiger partial charge in [-0.15, -0.1) is 16.4 Å². The highest BCUT2D eigenvalue weighted by Gasteiger charge is 2.46. The molecule has 0 atom stereocenters. The molecule has 0 spiro atoms. The van der Waals surface area contributed by atoms with Gasteiger partial charge in [0, 0.05) is 24.2 Å². The molecule has 1 aliphatic rings. The molecule has 1 amide bonds. The molecule has 32 heavy (non-hydrogen) atoms. The Kier molecular flexibility index (Phi) is 5.28. The molecule has 0 unspecified atom stereocenters. The number of aromatic nitrogens is 2. The summed E-state index contributed by atoms with van der Waals surface area (Å²) in [6.07, 6.45) is 0. The van der Waals surface area contributed by atoms with Gasteiger partial charge >= 0.3 is 5.51 Å². The molecule has 3 aromatic rings. The van der Waals surface area contributed by atoms with Crippen molar-refractivity contribution in [1.82, 2.24) is 15.5 Å². The van der Waals surface area contributed by atoms with Gasteiger partial charge in [0.25, 0.3) is 15.7 Å². The van der Waals surface area contributed by atoms with Crippen LogP contribution in [0.4, 0.5) is 24.5 Å². The summed E-state index contributed by atoms with van der Waals surface area (Å²) < 4.78 is 60.9. The topological polar surface area (TPSA) is 118 Å². The molecule has 0 aliphatic carbocycles. The van der Waals surface area contributed by atoms with Gasteiger partial charge in [-0.25, -0.2) is 8.42 Å². The minimum Gasteiger partial charge on any atom is -0.397 e. The van der Waals surface area contributed by atoms with E-state index >= 15 is 0 Å². The maximum atomic E-state index is 12.7. The number of halogens is 3. The lowest BCUT2D eigenvalue weighted by Gasteiger charge is -2.41. The number of nitrogens with one attached hydrogen (secondary N) is 1. The fraction of sp³-hybridized carbons (Fsp3) is 0.316. The van der Waals surface area contributed by atoms with Crippen LogP contribution in [0, 0.1) is 13.8 Å². The van der Waals surface area contributed by atoms with E-state index < -0.39 is 20.2 Å². The zero-order chi connectivity index (χ0) is 23.4. The first-order valence-corrected chi connectivity index (χ1v) is 11.7. The normalized spacial score (nSPS) is 15.1. The maximum absolute atomic E-state index is 12.7. The molecule has 170 valence electrons. The monoisotopic (exact) mass is 485 g/mol. The summed E-state index contributed by atoms with van der Waals surface area (Å²) >= 11 is 1.16.